The van der Waals surface area contributed by atoms with Crippen molar-refractivity contribution in [2.75, 3.05) is 6.54 Å². The van der Waals surface area contributed by atoms with Crippen molar-refractivity contribution in [1.29, 1.82) is 0 Å². The molecule has 1 unspecified atom stereocenters. The highest BCUT2D eigenvalue weighted by atomic mass is 16.1. The molecule has 1 atom stereocenters. The van der Waals surface area contributed by atoms with Gasteiger partial charge in [0.05, 0.1) is 6.54 Å². The van der Waals surface area contributed by atoms with Gasteiger partial charge in [-0.2, -0.15) is 5.10 Å². The average molecular weight is 250 g/mol. The summed E-state index contributed by atoms with van der Waals surface area (Å²) in [7, 11) is 0. The van der Waals surface area contributed by atoms with Crippen molar-refractivity contribution in [2.45, 2.75) is 45.2 Å². The molecule has 1 aromatic heterocycles. The Balaban J connectivity index is 1.76. The monoisotopic (exact) mass is 250 g/mol. The van der Waals surface area contributed by atoms with Crippen molar-refractivity contribution in [1.82, 2.24) is 15.1 Å². The second-order valence-electron chi connectivity index (χ2n) is 5.43. The molecule has 1 aliphatic rings. The van der Waals surface area contributed by atoms with Crippen molar-refractivity contribution in [3.63, 3.8) is 0 Å². The minimum Gasteiger partial charge on any atom is -0.352 e. The lowest BCUT2D eigenvalue weighted by atomic mass is 9.66. The number of nitrogens with one attached hydrogen (secondary N) is 1. The predicted molar refractivity (Wildman–Crippen MR) is 69.8 cm³/mol. The van der Waals surface area contributed by atoms with Gasteiger partial charge in [-0.15, -0.1) is 0 Å². The van der Waals surface area contributed by atoms with Gasteiger partial charge in [0.1, 0.15) is 0 Å². The van der Waals surface area contributed by atoms with Gasteiger partial charge in [0.15, 0.2) is 0 Å². The summed E-state index contributed by atoms with van der Waals surface area (Å²) in [4.78, 5) is 12.0. The van der Waals surface area contributed by atoms with Crippen LogP contribution in [0.5, 0.6) is 0 Å². The number of amides is 1. The minimum absolute atomic E-state index is 0.0789. The van der Waals surface area contributed by atoms with Gasteiger partial charge in [-0.25, -0.2) is 0 Å². The topological polar surface area (TPSA) is 72.9 Å². The molecule has 1 aliphatic carbocycles. The summed E-state index contributed by atoms with van der Waals surface area (Å²) in [6, 6.07) is 1.97. The fraction of sp³-hybridized carbons (Fsp3) is 0.692. The molecule has 1 amide bonds. The number of aromatic nitrogens is 2. The van der Waals surface area contributed by atoms with E-state index >= 15 is 0 Å². The normalized spacial score (nSPS) is 19.0. The van der Waals surface area contributed by atoms with Crippen LogP contribution in [0.1, 0.15) is 32.6 Å². The quantitative estimate of drug-likeness (QED) is 0.788. The van der Waals surface area contributed by atoms with Gasteiger partial charge < -0.3 is 11.1 Å². The number of nitrogens with zero attached hydrogens (tertiary/aromatic N) is 2. The Morgan fingerprint density at radius 3 is 2.89 bits per heavy atom. The van der Waals surface area contributed by atoms with Gasteiger partial charge in [0.25, 0.3) is 0 Å². The molecule has 5 nitrogen and oxygen atoms in total. The fourth-order valence-corrected chi connectivity index (χ4v) is 2.53. The maximum Gasteiger partial charge on any atom is 0.220 e. The number of hydrogen-bond donors (Lipinski definition) is 2. The van der Waals surface area contributed by atoms with Crippen LogP contribution in [0.3, 0.4) is 0 Å². The highest BCUT2D eigenvalue weighted by Crippen LogP contribution is 2.42. The van der Waals surface area contributed by atoms with Gasteiger partial charge in [-0.3, -0.25) is 9.48 Å². The minimum atomic E-state index is 0.0789. The van der Waals surface area contributed by atoms with E-state index < -0.39 is 0 Å². The Hall–Kier alpha value is -1.36. The van der Waals surface area contributed by atoms with E-state index in [-0.39, 0.29) is 17.4 Å². The van der Waals surface area contributed by atoms with E-state index in [4.69, 9.17) is 5.73 Å². The van der Waals surface area contributed by atoms with E-state index in [1.54, 1.807) is 6.20 Å². The van der Waals surface area contributed by atoms with Gasteiger partial charge in [0.2, 0.25) is 5.91 Å². The molecular weight excluding hydrogens is 228 g/mol. The van der Waals surface area contributed by atoms with Crippen LogP contribution in [-0.4, -0.2) is 28.3 Å². The van der Waals surface area contributed by atoms with Crippen molar-refractivity contribution in [3.05, 3.63) is 18.5 Å². The third-order valence-corrected chi connectivity index (χ3v) is 3.81. The summed E-state index contributed by atoms with van der Waals surface area (Å²) in [5.74, 6) is 0.111. The number of rotatable bonds is 6. The Morgan fingerprint density at radius 2 is 2.39 bits per heavy atom. The van der Waals surface area contributed by atoms with Crippen LogP contribution in [-0.2, 0) is 11.3 Å². The molecule has 2 rings (SSSR count). The molecule has 0 aromatic carbocycles. The summed E-state index contributed by atoms with van der Waals surface area (Å²) in [5.41, 5.74) is 5.84. The second-order valence-corrected chi connectivity index (χ2v) is 5.43. The van der Waals surface area contributed by atoms with Crippen LogP contribution in [0, 0.1) is 5.41 Å². The largest absolute Gasteiger partial charge is 0.352 e. The highest BCUT2D eigenvalue weighted by Gasteiger charge is 2.37. The smallest absolute Gasteiger partial charge is 0.220 e. The first-order chi connectivity index (χ1) is 8.63. The first-order valence-corrected chi connectivity index (χ1v) is 6.60. The van der Waals surface area contributed by atoms with Gasteiger partial charge in [0, 0.05) is 24.9 Å². The molecule has 0 aliphatic heterocycles. The molecular formula is C13H22N4O. The summed E-state index contributed by atoms with van der Waals surface area (Å²) in [5, 5.41) is 7.15. The molecule has 0 bridgehead atoms. The molecule has 3 N–H and O–H groups in total. The van der Waals surface area contributed by atoms with E-state index in [0.29, 0.717) is 19.5 Å². The lowest BCUT2D eigenvalue weighted by Crippen LogP contribution is -2.44. The zero-order chi connectivity index (χ0) is 13.0. The Labute approximate surface area is 108 Å². The first kappa shape index (κ1) is 13.1. The van der Waals surface area contributed by atoms with Crippen molar-refractivity contribution < 1.29 is 4.79 Å². The second kappa shape index (κ2) is 5.52. The van der Waals surface area contributed by atoms with Gasteiger partial charge in [-0.05, 0) is 37.8 Å². The SMILES string of the molecule is CC(Cn1cccn1)NC(=O)CC1(CN)CCC1. The molecule has 0 saturated heterocycles. The van der Waals surface area contributed by atoms with Crippen LogP contribution in [0.2, 0.25) is 0 Å². The van der Waals surface area contributed by atoms with E-state index in [1.807, 2.05) is 23.9 Å². The molecule has 1 fully saturated rings. The van der Waals surface area contributed by atoms with Crippen LogP contribution in [0.25, 0.3) is 0 Å². The van der Waals surface area contributed by atoms with Gasteiger partial charge in [-0.1, -0.05) is 6.42 Å². The summed E-state index contributed by atoms with van der Waals surface area (Å²) >= 11 is 0. The zero-order valence-corrected chi connectivity index (χ0v) is 10.9. The number of hydrogen-bond acceptors (Lipinski definition) is 3. The number of carbonyl (C=O) groups excluding carboxylic acids is 1. The Bertz CT molecular complexity index is 378. The molecule has 1 saturated carbocycles. The van der Waals surface area contributed by atoms with Crippen LogP contribution in [0.15, 0.2) is 18.5 Å². The van der Waals surface area contributed by atoms with E-state index in [0.717, 1.165) is 12.8 Å². The lowest BCUT2D eigenvalue weighted by molar-refractivity contribution is -0.125. The van der Waals surface area contributed by atoms with Crippen LogP contribution in [0.4, 0.5) is 0 Å². The lowest BCUT2D eigenvalue weighted by Gasteiger charge is -2.40. The van der Waals surface area contributed by atoms with Crippen LogP contribution >= 0.6 is 0 Å². The molecule has 100 valence electrons. The summed E-state index contributed by atoms with van der Waals surface area (Å²) in [6.45, 7) is 3.32. The number of nitrogens with two attached hydrogens (primary N) is 1. The van der Waals surface area contributed by atoms with E-state index in [2.05, 4.69) is 10.4 Å². The molecule has 5 heteroatoms. The average Bonchev–Trinajstić information content (AvgIpc) is 2.75. The molecule has 18 heavy (non-hydrogen) atoms. The predicted octanol–water partition coefficient (Wildman–Crippen LogP) is 0.907. The third-order valence-electron chi connectivity index (χ3n) is 3.81. The standard InChI is InChI=1S/C13H22N4O/c1-11(9-17-7-3-6-15-17)16-12(18)8-13(10-14)4-2-5-13/h3,6-7,11H,2,4-5,8-10,14H2,1H3,(H,16,18). The molecule has 0 radical (unpaired) electrons. The van der Waals surface area contributed by atoms with Gasteiger partial charge >= 0.3 is 0 Å². The van der Waals surface area contributed by atoms with Crippen molar-refractivity contribution in [2.24, 2.45) is 11.1 Å². The molecule has 1 aromatic rings. The third kappa shape index (κ3) is 3.10. The maximum absolute atomic E-state index is 12.0. The first-order valence-electron chi connectivity index (χ1n) is 6.60. The molecule has 1 heterocycles. The Kier molecular flexibility index (Phi) is 4.01. The molecule has 0 spiro atoms. The van der Waals surface area contributed by atoms with E-state index in [1.165, 1.54) is 6.42 Å². The number of carbonyl (C=O) groups is 1. The van der Waals surface area contributed by atoms with Crippen LogP contribution < -0.4 is 11.1 Å². The van der Waals surface area contributed by atoms with E-state index in [9.17, 15) is 4.79 Å². The van der Waals surface area contributed by atoms with Crippen molar-refractivity contribution >= 4 is 5.91 Å². The summed E-state index contributed by atoms with van der Waals surface area (Å²) in [6.07, 6.45) is 7.58. The van der Waals surface area contributed by atoms with Crippen molar-refractivity contribution in [3.8, 4) is 0 Å². The summed E-state index contributed by atoms with van der Waals surface area (Å²) < 4.78 is 1.83. The highest BCUT2D eigenvalue weighted by molar-refractivity contribution is 5.77. The maximum atomic E-state index is 12.0. The zero-order valence-electron chi connectivity index (χ0n) is 10.9. The fourth-order valence-electron chi connectivity index (χ4n) is 2.53. The Morgan fingerprint density at radius 1 is 1.61 bits per heavy atom.